The van der Waals surface area contributed by atoms with Gasteiger partial charge in [0.1, 0.15) is 0 Å². The van der Waals surface area contributed by atoms with E-state index in [-0.39, 0.29) is 11.0 Å². The highest BCUT2D eigenvalue weighted by Gasteiger charge is 2.24. The fourth-order valence-corrected chi connectivity index (χ4v) is 2.79. The fourth-order valence-electron chi connectivity index (χ4n) is 2.79. The van der Waals surface area contributed by atoms with Gasteiger partial charge in [-0.1, -0.05) is 6.42 Å². The quantitative estimate of drug-likeness (QED) is 0.808. The molecule has 0 spiro atoms. The first-order chi connectivity index (χ1) is 9.23. The lowest BCUT2D eigenvalue weighted by molar-refractivity contribution is 0.133. The molecule has 1 rings (SSSR count). The van der Waals surface area contributed by atoms with E-state index >= 15 is 0 Å². The van der Waals surface area contributed by atoms with Crippen molar-refractivity contribution >= 4 is 0 Å². The molecule has 0 radical (unpaired) electrons. The van der Waals surface area contributed by atoms with Crippen molar-refractivity contribution in [3.05, 3.63) is 0 Å². The van der Waals surface area contributed by atoms with Gasteiger partial charge in [-0.05, 0) is 73.4 Å². The van der Waals surface area contributed by atoms with Crippen molar-refractivity contribution in [2.45, 2.75) is 78.3 Å². The Morgan fingerprint density at radius 2 is 1.90 bits per heavy atom. The summed E-state index contributed by atoms with van der Waals surface area (Å²) in [6.45, 7) is 14.2. The Morgan fingerprint density at radius 3 is 2.50 bits per heavy atom. The molecular weight excluding hydrogens is 246 g/mol. The molecule has 1 aliphatic heterocycles. The Bertz CT molecular complexity index is 322. The lowest BCUT2D eigenvalue weighted by Gasteiger charge is -2.38. The Balaban J connectivity index is 2.39. The van der Waals surface area contributed by atoms with Crippen molar-refractivity contribution in [3.8, 4) is 6.07 Å². The first-order valence-electron chi connectivity index (χ1n) is 8.14. The summed E-state index contributed by atoms with van der Waals surface area (Å²) in [6.07, 6.45) is 6.13. The molecule has 0 aromatic rings. The van der Waals surface area contributed by atoms with Crippen LogP contribution in [0.15, 0.2) is 0 Å². The van der Waals surface area contributed by atoms with Crippen molar-refractivity contribution in [2.24, 2.45) is 5.41 Å². The molecule has 116 valence electrons. The molecule has 0 aliphatic carbocycles. The maximum Gasteiger partial charge on any atom is 0.0683 e. The third kappa shape index (κ3) is 6.72. The van der Waals surface area contributed by atoms with E-state index in [0.29, 0.717) is 6.04 Å². The molecule has 0 amide bonds. The number of piperidine rings is 1. The molecule has 0 bridgehead atoms. The van der Waals surface area contributed by atoms with E-state index in [9.17, 15) is 0 Å². The minimum absolute atomic E-state index is 0.172. The molecule has 1 fully saturated rings. The molecule has 1 saturated heterocycles. The van der Waals surface area contributed by atoms with E-state index in [1.807, 2.05) is 13.8 Å². The van der Waals surface area contributed by atoms with Gasteiger partial charge in [0, 0.05) is 18.1 Å². The van der Waals surface area contributed by atoms with Crippen LogP contribution in [0.5, 0.6) is 0 Å². The molecular formula is C17H33N3. The second-order valence-electron chi connectivity index (χ2n) is 7.92. The van der Waals surface area contributed by atoms with Crippen molar-refractivity contribution in [1.82, 2.24) is 10.2 Å². The lowest BCUT2D eigenvalue weighted by Crippen LogP contribution is -2.49. The number of nitrogens with one attached hydrogen (secondary N) is 1. The molecule has 1 N–H and O–H groups in total. The molecule has 0 aromatic heterocycles. The lowest BCUT2D eigenvalue weighted by atomic mass is 9.89. The third-order valence-electron chi connectivity index (χ3n) is 4.17. The summed E-state index contributed by atoms with van der Waals surface area (Å²) in [6, 6.07) is 3.08. The Hall–Kier alpha value is -0.590. The maximum atomic E-state index is 9.08. The van der Waals surface area contributed by atoms with E-state index < -0.39 is 0 Å². The van der Waals surface area contributed by atoms with E-state index in [2.05, 4.69) is 37.1 Å². The largest absolute Gasteiger partial charge is 0.311 e. The highest BCUT2D eigenvalue weighted by molar-refractivity contribution is 4.92. The predicted molar refractivity (Wildman–Crippen MR) is 85.6 cm³/mol. The Morgan fingerprint density at radius 1 is 1.20 bits per heavy atom. The summed E-state index contributed by atoms with van der Waals surface area (Å²) in [5.41, 5.74) is 0.0286. The zero-order valence-corrected chi connectivity index (χ0v) is 14.1. The predicted octanol–water partition coefficient (Wildman–Crippen LogP) is 3.56. The van der Waals surface area contributed by atoms with Crippen LogP contribution in [0, 0.1) is 16.7 Å². The highest BCUT2D eigenvalue weighted by Crippen LogP contribution is 2.23. The minimum atomic E-state index is -0.172. The monoisotopic (exact) mass is 279 g/mol. The average Bonchev–Trinajstić information content (AvgIpc) is 2.36. The Kier molecular flexibility index (Phi) is 6.48. The standard InChI is InChI=1S/C17H33N3/c1-16(2,3)19-13-15-9-6-7-11-20(15)12-8-10-17(4,5)14-18/h15,19H,6-13H2,1-5H3. The number of likely N-dealkylation sites (tertiary alicyclic amines) is 1. The topological polar surface area (TPSA) is 39.1 Å². The number of hydrogen-bond donors (Lipinski definition) is 1. The summed E-state index contributed by atoms with van der Waals surface area (Å²) in [5.74, 6) is 0. The van der Waals surface area contributed by atoms with E-state index in [1.165, 1.54) is 25.8 Å². The molecule has 1 heterocycles. The zero-order chi connectivity index (χ0) is 15.2. The van der Waals surface area contributed by atoms with Crippen molar-refractivity contribution in [1.29, 1.82) is 5.26 Å². The van der Waals surface area contributed by atoms with Crippen LogP contribution in [0.4, 0.5) is 0 Å². The van der Waals surface area contributed by atoms with Crippen molar-refractivity contribution in [3.63, 3.8) is 0 Å². The summed E-state index contributed by atoms with van der Waals surface area (Å²) in [5, 5.41) is 12.7. The maximum absolute atomic E-state index is 9.08. The van der Waals surface area contributed by atoms with Gasteiger partial charge >= 0.3 is 0 Å². The number of nitrogens with zero attached hydrogens (tertiary/aromatic N) is 2. The van der Waals surface area contributed by atoms with E-state index in [4.69, 9.17) is 5.26 Å². The van der Waals surface area contributed by atoms with Gasteiger partial charge < -0.3 is 5.32 Å². The van der Waals surface area contributed by atoms with Gasteiger partial charge in [-0.25, -0.2) is 0 Å². The van der Waals surface area contributed by atoms with Gasteiger partial charge in [-0.15, -0.1) is 0 Å². The molecule has 1 aliphatic rings. The SMILES string of the molecule is CC(C)(C#N)CCCN1CCCCC1CNC(C)(C)C. The molecule has 0 aromatic carbocycles. The van der Waals surface area contributed by atoms with Gasteiger partial charge in [-0.3, -0.25) is 4.90 Å². The van der Waals surface area contributed by atoms with Gasteiger partial charge in [0.2, 0.25) is 0 Å². The van der Waals surface area contributed by atoms with Crippen molar-refractivity contribution in [2.75, 3.05) is 19.6 Å². The summed E-state index contributed by atoms with van der Waals surface area (Å²) in [7, 11) is 0. The van der Waals surface area contributed by atoms with Gasteiger partial charge in [0.15, 0.2) is 0 Å². The number of rotatable bonds is 6. The van der Waals surface area contributed by atoms with Gasteiger partial charge in [0.05, 0.1) is 11.5 Å². The van der Waals surface area contributed by atoms with Crippen LogP contribution in [0.1, 0.15) is 66.7 Å². The smallest absolute Gasteiger partial charge is 0.0683 e. The average molecular weight is 279 g/mol. The molecule has 1 unspecified atom stereocenters. The first-order valence-corrected chi connectivity index (χ1v) is 8.14. The van der Waals surface area contributed by atoms with Crippen LogP contribution in [-0.2, 0) is 0 Å². The van der Waals surface area contributed by atoms with E-state index in [0.717, 1.165) is 25.9 Å². The minimum Gasteiger partial charge on any atom is -0.311 e. The molecule has 3 heteroatoms. The van der Waals surface area contributed by atoms with Crippen LogP contribution in [-0.4, -0.2) is 36.1 Å². The normalized spacial score (nSPS) is 21.7. The second-order valence-corrected chi connectivity index (χ2v) is 7.92. The number of nitriles is 1. The van der Waals surface area contributed by atoms with Crippen molar-refractivity contribution < 1.29 is 0 Å². The van der Waals surface area contributed by atoms with Crippen LogP contribution >= 0.6 is 0 Å². The molecule has 1 atom stereocenters. The summed E-state index contributed by atoms with van der Waals surface area (Å²) in [4.78, 5) is 2.63. The molecule has 20 heavy (non-hydrogen) atoms. The van der Waals surface area contributed by atoms with Crippen LogP contribution in [0.25, 0.3) is 0 Å². The van der Waals surface area contributed by atoms with E-state index in [1.54, 1.807) is 0 Å². The third-order valence-corrected chi connectivity index (χ3v) is 4.17. The fraction of sp³-hybridized carbons (Fsp3) is 0.941. The van der Waals surface area contributed by atoms with Gasteiger partial charge in [-0.2, -0.15) is 5.26 Å². The second kappa shape index (κ2) is 7.43. The van der Waals surface area contributed by atoms with Crippen LogP contribution < -0.4 is 5.32 Å². The molecule has 0 saturated carbocycles. The zero-order valence-electron chi connectivity index (χ0n) is 14.1. The highest BCUT2D eigenvalue weighted by atomic mass is 15.2. The number of hydrogen-bond acceptors (Lipinski definition) is 3. The van der Waals surface area contributed by atoms with Crippen LogP contribution in [0.3, 0.4) is 0 Å². The van der Waals surface area contributed by atoms with Crippen LogP contribution in [0.2, 0.25) is 0 Å². The van der Waals surface area contributed by atoms with Gasteiger partial charge in [0.25, 0.3) is 0 Å². The first kappa shape index (κ1) is 17.5. The summed E-state index contributed by atoms with van der Waals surface area (Å²) < 4.78 is 0. The molecule has 3 nitrogen and oxygen atoms in total. The summed E-state index contributed by atoms with van der Waals surface area (Å²) >= 11 is 0. The Labute approximate surface area is 125 Å².